The maximum atomic E-state index is 11.8. The van der Waals surface area contributed by atoms with E-state index in [0.29, 0.717) is 6.42 Å². The molecule has 3 nitrogen and oxygen atoms in total. The Morgan fingerprint density at radius 3 is 2.93 bits per heavy atom. The van der Waals surface area contributed by atoms with Gasteiger partial charge in [0.05, 0.1) is 11.4 Å². The van der Waals surface area contributed by atoms with Crippen LogP contribution >= 0.6 is 22.7 Å². The van der Waals surface area contributed by atoms with E-state index in [1.54, 1.807) is 29.5 Å². The van der Waals surface area contributed by atoms with Crippen molar-refractivity contribution in [3.63, 3.8) is 0 Å². The number of amides is 1. The standard InChI is InChI=1S/C10H10N2OS2/c1-12(10-3-2-5-15-10)9(13)7-8-11-4-6-14-8/h2-6H,7H2,1H3. The first kappa shape index (κ1) is 10.3. The zero-order valence-electron chi connectivity index (χ0n) is 8.21. The Labute approximate surface area is 96.0 Å². The van der Waals surface area contributed by atoms with Crippen molar-refractivity contribution in [2.24, 2.45) is 0 Å². The first-order chi connectivity index (χ1) is 7.27. The summed E-state index contributed by atoms with van der Waals surface area (Å²) in [6, 6.07) is 3.87. The van der Waals surface area contributed by atoms with E-state index in [4.69, 9.17) is 0 Å². The van der Waals surface area contributed by atoms with Gasteiger partial charge in [0.1, 0.15) is 5.01 Å². The molecule has 0 aromatic carbocycles. The number of likely N-dealkylation sites (N-methyl/N-ethyl adjacent to an activating group) is 1. The smallest absolute Gasteiger partial charge is 0.234 e. The Balaban J connectivity index is 2.03. The predicted octanol–water partition coefficient (Wildman–Crippen LogP) is 2.41. The fraction of sp³-hybridized carbons (Fsp3) is 0.200. The van der Waals surface area contributed by atoms with Crippen LogP contribution in [-0.2, 0) is 11.2 Å². The third-order valence-electron chi connectivity index (χ3n) is 2.00. The minimum Gasteiger partial charge on any atom is -0.307 e. The fourth-order valence-electron chi connectivity index (χ4n) is 1.17. The van der Waals surface area contributed by atoms with Gasteiger partial charge in [-0.1, -0.05) is 0 Å². The van der Waals surface area contributed by atoms with Gasteiger partial charge in [0.15, 0.2) is 0 Å². The van der Waals surface area contributed by atoms with Gasteiger partial charge in [-0.3, -0.25) is 4.79 Å². The number of thiophene rings is 1. The highest BCUT2D eigenvalue weighted by Gasteiger charge is 2.13. The molecule has 0 unspecified atom stereocenters. The summed E-state index contributed by atoms with van der Waals surface area (Å²) in [7, 11) is 1.79. The summed E-state index contributed by atoms with van der Waals surface area (Å²) in [6.45, 7) is 0. The van der Waals surface area contributed by atoms with Crippen LogP contribution < -0.4 is 4.90 Å². The highest BCUT2D eigenvalue weighted by atomic mass is 32.1. The summed E-state index contributed by atoms with van der Waals surface area (Å²) >= 11 is 3.07. The second kappa shape index (κ2) is 4.55. The van der Waals surface area contributed by atoms with Gasteiger partial charge in [0, 0.05) is 18.6 Å². The van der Waals surface area contributed by atoms with Gasteiger partial charge >= 0.3 is 0 Å². The third kappa shape index (κ3) is 2.43. The molecule has 0 saturated carbocycles. The average molecular weight is 238 g/mol. The van der Waals surface area contributed by atoms with Crippen LogP contribution in [0.5, 0.6) is 0 Å². The van der Waals surface area contributed by atoms with Crippen LogP contribution in [-0.4, -0.2) is 17.9 Å². The molecule has 0 N–H and O–H groups in total. The summed E-state index contributed by atoms with van der Waals surface area (Å²) in [5, 5.41) is 5.68. The number of anilines is 1. The molecule has 0 aliphatic rings. The lowest BCUT2D eigenvalue weighted by molar-refractivity contribution is -0.117. The first-order valence-electron chi connectivity index (χ1n) is 4.46. The molecule has 0 saturated heterocycles. The van der Waals surface area contributed by atoms with Gasteiger partial charge in [0.25, 0.3) is 0 Å². The van der Waals surface area contributed by atoms with Crippen molar-refractivity contribution >= 4 is 33.6 Å². The topological polar surface area (TPSA) is 33.2 Å². The maximum Gasteiger partial charge on any atom is 0.234 e. The zero-order chi connectivity index (χ0) is 10.7. The Morgan fingerprint density at radius 1 is 1.47 bits per heavy atom. The quantitative estimate of drug-likeness (QED) is 0.822. The number of rotatable bonds is 3. The lowest BCUT2D eigenvalue weighted by Crippen LogP contribution is -2.26. The number of carbonyl (C=O) groups excluding carboxylic acids is 1. The number of hydrogen-bond acceptors (Lipinski definition) is 4. The van der Waals surface area contributed by atoms with E-state index in [-0.39, 0.29) is 5.91 Å². The lowest BCUT2D eigenvalue weighted by Gasteiger charge is -2.13. The minimum atomic E-state index is 0.0763. The van der Waals surface area contributed by atoms with E-state index in [1.807, 2.05) is 22.9 Å². The molecule has 5 heteroatoms. The molecule has 0 aliphatic heterocycles. The fourth-order valence-corrected chi connectivity index (χ4v) is 2.49. The molecular weight excluding hydrogens is 228 g/mol. The van der Waals surface area contributed by atoms with Gasteiger partial charge in [-0.2, -0.15) is 0 Å². The molecule has 0 spiro atoms. The van der Waals surface area contributed by atoms with Crippen LogP contribution in [0.1, 0.15) is 5.01 Å². The number of hydrogen-bond donors (Lipinski definition) is 0. The molecule has 0 radical (unpaired) electrons. The van der Waals surface area contributed by atoms with Crippen molar-refractivity contribution in [3.8, 4) is 0 Å². The van der Waals surface area contributed by atoms with Crippen molar-refractivity contribution in [1.82, 2.24) is 4.98 Å². The number of nitrogens with zero attached hydrogens (tertiary/aromatic N) is 2. The Kier molecular flexibility index (Phi) is 3.13. The van der Waals surface area contributed by atoms with E-state index < -0.39 is 0 Å². The summed E-state index contributed by atoms with van der Waals surface area (Å²) in [4.78, 5) is 17.6. The molecule has 0 aliphatic carbocycles. The highest BCUT2D eigenvalue weighted by Crippen LogP contribution is 2.20. The number of thiazole rings is 1. The lowest BCUT2D eigenvalue weighted by atomic mass is 10.4. The van der Waals surface area contributed by atoms with Crippen LogP contribution in [0, 0.1) is 0 Å². The molecule has 0 bridgehead atoms. The molecule has 2 rings (SSSR count). The second-order valence-corrected chi connectivity index (χ2v) is 4.91. The van der Waals surface area contributed by atoms with Gasteiger partial charge in [-0.05, 0) is 17.5 Å². The molecular formula is C10H10N2OS2. The Bertz CT molecular complexity index is 422. The highest BCUT2D eigenvalue weighted by molar-refractivity contribution is 7.14. The summed E-state index contributed by atoms with van der Waals surface area (Å²) in [5.74, 6) is 0.0763. The van der Waals surface area contributed by atoms with E-state index >= 15 is 0 Å². The molecule has 0 fully saturated rings. The normalized spacial score (nSPS) is 10.2. The van der Waals surface area contributed by atoms with E-state index in [2.05, 4.69) is 4.98 Å². The van der Waals surface area contributed by atoms with Crippen molar-refractivity contribution in [3.05, 3.63) is 34.1 Å². The second-order valence-electron chi connectivity index (χ2n) is 3.01. The Morgan fingerprint density at radius 2 is 2.33 bits per heavy atom. The van der Waals surface area contributed by atoms with E-state index in [0.717, 1.165) is 10.0 Å². The van der Waals surface area contributed by atoms with Crippen LogP contribution in [0.2, 0.25) is 0 Å². The first-order valence-corrected chi connectivity index (χ1v) is 6.22. The number of aromatic nitrogens is 1. The molecule has 2 aromatic heterocycles. The molecule has 78 valence electrons. The van der Waals surface area contributed by atoms with Crippen LogP contribution in [0.3, 0.4) is 0 Å². The van der Waals surface area contributed by atoms with Crippen LogP contribution in [0.25, 0.3) is 0 Å². The maximum absolute atomic E-state index is 11.8. The van der Waals surface area contributed by atoms with E-state index in [9.17, 15) is 4.79 Å². The van der Waals surface area contributed by atoms with Crippen molar-refractivity contribution in [2.75, 3.05) is 11.9 Å². The van der Waals surface area contributed by atoms with Crippen molar-refractivity contribution in [2.45, 2.75) is 6.42 Å². The summed E-state index contributed by atoms with van der Waals surface area (Å²) in [5.41, 5.74) is 0. The SMILES string of the molecule is CN(C(=O)Cc1nccs1)c1cccs1. The monoisotopic (exact) mass is 238 g/mol. The van der Waals surface area contributed by atoms with Crippen LogP contribution in [0.4, 0.5) is 5.00 Å². The molecule has 1 amide bonds. The van der Waals surface area contributed by atoms with Gasteiger partial charge in [0.2, 0.25) is 5.91 Å². The third-order valence-corrected chi connectivity index (χ3v) is 3.72. The predicted molar refractivity (Wildman–Crippen MR) is 63.5 cm³/mol. The van der Waals surface area contributed by atoms with Crippen molar-refractivity contribution < 1.29 is 4.79 Å². The molecule has 2 heterocycles. The van der Waals surface area contributed by atoms with Gasteiger partial charge < -0.3 is 4.90 Å². The largest absolute Gasteiger partial charge is 0.307 e. The molecule has 0 atom stereocenters. The van der Waals surface area contributed by atoms with E-state index in [1.165, 1.54) is 11.3 Å². The summed E-state index contributed by atoms with van der Waals surface area (Å²) < 4.78 is 0. The molecule has 15 heavy (non-hydrogen) atoms. The van der Waals surface area contributed by atoms with Gasteiger partial charge in [-0.25, -0.2) is 4.98 Å². The zero-order valence-corrected chi connectivity index (χ0v) is 9.85. The summed E-state index contributed by atoms with van der Waals surface area (Å²) in [6.07, 6.45) is 2.10. The average Bonchev–Trinajstić information content (AvgIpc) is 2.88. The number of carbonyl (C=O) groups is 1. The van der Waals surface area contributed by atoms with Gasteiger partial charge in [-0.15, -0.1) is 22.7 Å². The van der Waals surface area contributed by atoms with Crippen molar-refractivity contribution in [1.29, 1.82) is 0 Å². The van der Waals surface area contributed by atoms with Crippen LogP contribution in [0.15, 0.2) is 29.1 Å². The minimum absolute atomic E-state index is 0.0763. The Hall–Kier alpha value is -1.20. The molecule has 2 aromatic rings.